The van der Waals surface area contributed by atoms with Gasteiger partial charge in [-0.05, 0) is 48.5 Å². The molecule has 0 atom stereocenters. The van der Waals surface area contributed by atoms with E-state index in [0.29, 0.717) is 6.54 Å². The van der Waals surface area contributed by atoms with Crippen molar-refractivity contribution in [2.45, 2.75) is 19.9 Å². The summed E-state index contributed by atoms with van der Waals surface area (Å²) in [5, 5.41) is 6.66. The van der Waals surface area contributed by atoms with Crippen LogP contribution in [0.3, 0.4) is 0 Å². The second kappa shape index (κ2) is 13.3. The lowest BCUT2D eigenvalue weighted by Crippen LogP contribution is -2.41. The van der Waals surface area contributed by atoms with Crippen molar-refractivity contribution in [2.24, 2.45) is 4.99 Å². The fourth-order valence-electron chi connectivity index (χ4n) is 2.55. The third-order valence-electron chi connectivity index (χ3n) is 3.88. The Kier molecular flexibility index (Phi) is 11.9. The van der Waals surface area contributed by atoms with E-state index in [1.807, 2.05) is 28.9 Å². The van der Waals surface area contributed by atoms with Gasteiger partial charge in [-0.25, -0.2) is 9.98 Å². The minimum atomic E-state index is 0. The molecular weight excluding hydrogens is 523 g/mol. The van der Waals surface area contributed by atoms with Gasteiger partial charge in [0.1, 0.15) is 5.65 Å². The minimum absolute atomic E-state index is 0. The molecule has 0 spiro atoms. The van der Waals surface area contributed by atoms with Crippen LogP contribution in [0.4, 0.5) is 0 Å². The molecule has 27 heavy (non-hydrogen) atoms. The van der Waals surface area contributed by atoms with Crippen LogP contribution in [-0.4, -0.2) is 67.2 Å². The molecule has 0 aliphatic heterocycles. The maximum atomic E-state index is 5.09. The SMILES string of the molecule is CCNC(=NCc1cn2cc(Br)ccc2n1)NCCN(C)CCCOC.I. The third kappa shape index (κ3) is 8.75. The molecule has 152 valence electrons. The number of pyridine rings is 1. The molecule has 0 aliphatic carbocycles. The highest BCUT2D eigenvalue weighted by Gasteiger charge is 2.04. The van der Waals surface area contributed by atoms with Crippen LogP contribution in [0.5, 0.6) is 0 Å². The molecule has 2 heterocycles. The van der Waals surface area contributed by atoms with Gasteiger partial charge in [-0.2, -0.15) is 0 Å². The number of nitrogens with zero attached hydrogens (tertiary/aromatic N) is 4. The summed E-state index contributed by atoms with van der Waals surface area (Å²) in [5.74, 6) is 0.816. The Bertz CT molecular complexity index is 708. The quantitative estimate of drug-likeness (QED) is 0.205. The van der Waals surface area contributed by atoms with Crippen LogP contribution < -0.4 is 10.6 Å². The number of likely N-dealkylation sites (N-methyl/N-ethyl adjacent to an activating group) is 1. The monoisotopic (exact) mass is 552 g/mol. The standard InChI is InChI=1S/C18H29BrN6O.HI/c1-4-20-18(21-8-10-24(2)9-5-11-26-3)22-12-16-14-25-13-15(19)6-7-17(25)23-16;/h6-7,13-14H,4-5,8-12H2,1-3H3,(H2,20,21,22);1H. The number of imidazole rings is 1. The molecule has 0 aliphatic rings. The molecule has 0 saturated heterocycles. The van der Waals surface area contributed by atoms with Crippen molar-refractivity contribution in [1.82, 2.24) is 24.9 Å². The third-order valence-corrected chi connectivity index (χ3v) is 4.35. The molecule has 0 saturated carbocycles. The van der Waals surface area contributed by atoms with Gasteiger partial charge in [0, 0.05) is 56.8 Å². The Morgan fingerprint density at radius 3 is 2.85 bits per heavy atom. The number of nitrogens with one attached hydrogen (secondary N) is 2. The Balaban J connectivity index is 0.00000364. The van der Waals surface area contributed by atoms with E-state index < -0.39 is 0 Å². The van der Waals surface area contributed by atoms with Gasteiger partial charge >= 0.3 is 0 Å². The number of guanidine groups is 1. The molecule has 0 aromatic carbocycles. The van der Waals surface area contributed by atoms with Crippen molar-refractivity contribution in [2.75, 3.05) is 46.9 Å². The molecule has 0 unspecified atom stereocenters. The van der Waals surface area contributed by atoms with Crippen LogP contribution in [0.2, 0.25) is 0 Å². The lowest BCUT2D eigenvalue weighted by molar-refractivity contribution is 0.180. The Labute approximate surface area is 187 Å². The molecule has 9 heteroatoms. The van der Waals surface area contributed by atoms with E-state index >= 15 is 0 Å². The molecule has 0 radical (unpaired) electrons. The Morgan fingerprint density at radius 2 is 2.11 bits per heavy atom. The topological polar surface area (TPSA) is 66.2 Å². The Morgan fingerprint density at radius 1 is 1.30 bits per heavy atom. The van der Waals surface area contributed by atoms with Crippen molar-refractivity contribution in [3.05, 3.63) is 34.7 Å². The van der Waals surface area contributed by atoms with Gasteiger partial charge in [-0.1, -0.05) is 0 Å². The van der Waals surface area contributed by atoms with E-state index in [9.17, 15) is 0 Å². The number of ether oxygens (including phenoxy) is 1. The molecule has 0 bridgehead atoms. The zero-order chi connectivity index (χ0) is 18.8. The highest BCUT2D eigenvalue weighted by Crippen LogP contribution is 2.12. The van der Waals surface area contributed by atoms with Gasteiger partial charge in [0.15, 0.2) is 5.96 Å². The molecule has 2 N–H and O–H groups in total. The predicted octanol–water partition coefficient (Wildman–Crippen LogP) is 2.74. The number of hydrogen-bond acceptors (Lipinski definition) is 4. The van der Waals surface area contributed by atoms with E-state index in [0.717, 1.165) is 61.0 Å². The van der Waals surface area contributed by atoms with Crippen molar-refractivity contribution >= 4 is 51.5 Å². The number of methoxy groups -OCH3 is 1. The van der Waals surface area contributed by atoms with E-state index in [-0.39, 0.29) is 24.0 Å². The number of aromatic nitrogens is 2. The number of fused-ring (bicyclic) bond motifs is 1. The van der Waals surface area contributed by atoms with Crippen molar-refractivity contribution < 1.29 is 4.74 Å². The van der Waals surface area contributed by atoms with Crippen LogP contribution in [0.1, 0.15) is 19.0 Å². The first-order valence-electron chi connectivity index (χ1n) is 8.95. The molecule has 0 fully saturated rings. The summed E-state index contributed by atoms with van der Waals surface area (Å²) in [6, 6.07) is 3.98. The van der Waals surface area contributed by atoms with Gasteiger partial charge in [0.05, 0.1) is 12.2 Å². The van der Waals surface area contributed by atoms with Crippen LogP contribution in [0, 0.1) is 0 Å². The summed E-state index contributed by atoms with van der Waals surface area (Å²) in [7, 11) is 3.86. The summed E-state index contributed by atoms with van der Waals surface area (Å²) in [5.41, 5.74) is 1.87. The fourth-order valence-corrected chi connectivity index (χ4v) is 2.90. The van der Waals surface area contributed by atoms with E-state index in [1.54, 1.807) is 7.11 Å². The summed E-state index contributed by atoms with van der Waals surface area (Å²) in [6.07, 6.45) is 5.06. The van der Waals surface area contributed by atoms with E-state index in [2.05, 4.69) is 55.4 Å². The van der Waals surface area contributed by atoms with Crippen molar-refractivity contribution in [3.63, 3.8) is 0 Å². The molecule has 2 rings (SSSR count). The molecular formula is C18H30BrIN6O. The van der Waals surface area contributed by atoms with Crippen molar-refractivity contribution in [3.8, 4) is 0 Å². The lowest BCUT2D eigenvalue weighted by atomic mass is 10.4. The zero-order valence-corrected chi connectivity index (χ0v) is 20.2. The summed E-state index contributed by atoms with van der Waals surface area (Å²) >= 11 is 3.48. The number of rotatable bonds is 10. The normalized spacial score (nSPS) is 11.7. The smallest absolute Gasteiger partial charge is 0.191 e. The van der Waals surface area contributed by atoms with Gasteiger partial charge in [-0.3, -0.25) is 0 Å². The number of hydrogen-bond donors (Lipinski definition) is 2. The van der Waals surface area contributed by atoms with Crippen LogP contribution in [0.25, 0.3) is 5.65 Å². The first-order chi connectivity index (χ1) is 12.6. The molecule has 2 aromatic heterocycles. The molecule has 2 aromatic rings. The maximum absolute atomic E-state index is 5.09. The average Bonchev–Trinajstić information content (AvgIpc) is 3.02. The van der Waals surface area contributed by atoms with Crippen LogP contribution in [0.15, 0.2) is 34.0 Å². The summed E-state index contributed by atoms with van der Waals surface area (Å²) < 4.78 is 8.12. The van der Waals surface area contributed by atoms with Gasteiger partial charge in [-0.15, -0.1) is 24.0 Å². The average molecular weight is 553 g/mol. The van der Waals surface area contributed by atoms with Gasteiger partial charge in [0.25, 0.3) is 0 Å². The largest absolute Gasteiger partial charge is 0.385 e. The molecule has 7 nitrogen and oxygen atoms in total. The summed E-state index contributed by atoms with van der Waals surface area (Å²) in [6.45, 7) is 7.06. The van der Waals surface area contributed by atoms with E-state index in [4.69, 9.17) is 4.74 Å². The minimum Gasteiger partial charge on any atom is -0.385 e. The Hall–Kier alpha value is -0.910. The zero-order valence-electron chi connectivity index (χ0n) is 16.2. The van der Waals surface area contributed by atoms with E-state index in [1.165, 1.54) is 0 Å². The number of halogens is 2. The second-order valence-electron chi connectivity index (χ2n) is 6.12. The van der Waals surface area contributed by atoms with Gasteiger partial charge < -0.3 is 24.7 Å². The predicted molar refractivity (Wildman–Crippen MR) is 125 cm³/mol. The first kappa shape index (κ1) is 24.1. The maximum Gasteiger partial charge on any atom is 0.191 e. The summed E-state index contributed by atoms with van der Waals surface area (Å²) in [4.78, 5) is 11.5. The van der Waals surface area contributed by atoms with Crippen LogP contribution in [-0.2, 0) is 11.3 Å². The molecule has 0 amide bonds. The van der Waals surface area contributed by atoms with Crippen LogP contribution >= 0.6 is 39.9 Å². The second-order valence-corrected chi connectivity index (χ2v) is 7.03. The number of aliphatic imine (C=N–C) groups is 1. The van der Waals surface area contributed by atoms with Gasteiger partial charge in [0.2, 0.25) is 0 Å². The van der Waals surface area contributed by atoms with Crippen molar-refractivity contribution in [1.29, 1.82) is 0 Å². The first-order valence-corrected chi connectivity index (χ1v) is 9.74. The fraction of sp³-hybridized carbons (Fsp3) is 0.556. The lowest BCUT2D eigenvalue weighted by Gasteiger charge is -2.18. The highest BCUT2D eigenvalue weighted by molar-refractivity contribution is 14.0. The highest BCUT2D eigenvalue weighted by atomic mass is 127.